The molecule has 2 heterocycles. The average molecular weight is 596 g/mol. The van der Waals surface area contributed by atoms with Crippen molar-refractivity contribution in [3.8, 4) is 0 Å². The molecular formula is C24H30F9N3O4. The third-order valence-electron chi connectivity index (χ3n) is 7.09. The van der Waals surface area contributed by atoms with Crippen LogP contribution in [0.3, 0.4) is 0 Å². The van der Waals surface area contributed by atoms with Gasteiger partial charge in [0.05, 0.1) is 12.2 Å². The first kappa shape index (κ1) is 32.1. The van der Waals surface area contributed by atoms with E-state index in [0.29, 0.717) is 37.9 Å². The summed E-state index contributed by atoms with van der Waals surface area (Å²) in [4.78, 5) is 14.9. The van der Waals surface area contributed by atoms with E-state index in [2.05, 4.69) is 10.1 Å². The van der Waals surface area contributed by atoms with Crippen LogP contribution in [0.2, 0.25) is 0 Å². The molecule has 0 radical (unpaired) electrons. The predicted molar refractivity (Wildman–Crippen MR) is 123 cm³/mol. The first-order valence-electron chi connectivity index (χ1n) is 12.5. The van der Waals surface area contributed by atoms with E-state index in [1.165, 1.54) is 0 Å². The fourth-order valence-corrected chi connectivity index (χ4v) is 5.15. The Morgan fingerprint density at radius 1 is 0.975 bits per heavy atom. The molecule has 1 amide bonds. The van der Waals surface area contributed by atoms with Crippen molar-refractivity contribution >= 4 is 11.8 Å². The van der Waals surface area contributed by atoms with E-state index < -0.39 is 48.6 Å². The van der Waals surface area contributed by atoms with Gasteiger partial charge in [-0.3, -0.25) is 4.90 Å². The van der Waals surface area contributed by atoms with Crippen LogP contribution in [-0.2, 0) is 22.2 Å². The summed E-state index contributed by atoms with van der Waals surface area (Å²) >= 11 is 0. The highest BCUT2D eigenvalue weighted by molar-refractivity contribution is 5.68. The van der Waals surface area contributed by atoms with E-state index in [1.807, 2.05) is 4.90 Å². The zero-order valence-electron chi connectivity index (χ0n) is 21.3. The second-order valence-electron chi connectivity index (χ2n) is 9.82. The van der Waals surface area contributed by atoms with Crippen LogP contribution >= 0.6 is 0 Å². The zero-order chi connectivity index (χ0) is 29.8. The maximum Gasteiger partial charge on any atom is 0.434 e. The van der Waals surface area contributed by atoms with E-state index in [-0.39, 0.29) is 44.8 Å². The summed E-state index contributed by atoms with van der Waals surface area (Å²) in [6.45, 7) is 0.359. The van der Waals surface area contributed by atoms with Crippen molar-refractivity contribution in [2.45, 2.75) is 68.8 Å². The molecule has 1 spiro atoms. The van der Waals surface area contributed by atoms with Crippen LogP contribution in [0.25, 0.3) is 0 Å². The van der Waals surface area contributed by atoms with Crippen molar-refractivity contribution in [1.29, 1.82) is 0 Å². The Kier molecular flexibility index (Phi) is 10.1. The number of halogens is 9. The van der Waals surface area contributed by atoms with Gasteiger partial charge in [0.1, 0.15) is 6.79 Å². The van der Waals surface area contributed by atoms with Crippen molar-refractivity contribution in [3.63, 3.8) is 0 Å². The second-order valence-corrected chi connectivity index (χ2v) is 9.82. The van der Waals surface area contributed by atoms with Gasteiger partial charge >= 0.3 is 24.6 Å². The SMILES string of the molecule is O=C(OC(C(F)(F)F)C(F)(F)F)N1CCC2(CCCN2Cc2cc(NCCCOCO)cc(C(F)(F)F)c2)CC1. The molecular weight excluding hydrogens is 565 g/mol. The van der Waals surface area contributed by atoms with Crippen molar-refractivity contribution in [2.24, 2.45) is 0 Å². The number of benzene rings is 1. The molecule has 3 rings (SSSR count). The molecule has 0 unspecified atom stereocenters. The predicted octanol–water partition coefficient (Wildman–Crippen LogP) is 5.53. The van der Waals surface area contributed by atoms with Crippen LogP contribution in [0.15, 0.2) is 18.2 Å². The fourth-order valence-electron chi connectivity index (χ4n) is 5.15. The van der Waals surface area contributed by atoms with Gasteiger partial charge in [0, 0.05) is 37.4 Å². The number of carbonyl (C=O) groups excluding carboxylic acids is 1. The number of aliphatic hydroxyl groups is 1. The number of amides is 1. The first-order chi connectivity index (χ1) is 18.5. The van der Waals surface area contributed by atoms with Crippen LogP contribution in [0, 0.1) is 0 Å². The molecule has 1 aromatic rings. The number of anilines is 1. The quantitative estimate of drug-likeness (QED) is 0.222. The van der Waals surface area contributed by atoms with Gasteiger partial charge in [0.25, 0.3) is 6.10 Å². The molecule has 2 fully saturated rings. The third kappa shape index (κ3) is 8.28. The lowest BCUT2D eigenvalue weighted by molar-refractivity contribution is -0.308. The smallest absolute Gasteiger partial charge is 0.426 e. The van der Waals surface area contributed by atoms with Crippen LogP contribution in [0.4, 0.5) is 50.0 Å². The molecule has 0 aliphatic carbocycles. The number of hydrogen-bond acceptors (Lipinski definition) is 6. The van der Waals surface area contributed by atoms with E-state index in [4.69, 9.17) is 9.84 Å². The number of likely N-dealkylation sites (tertiary alicyclic amines) is 2. The number of carbonyl (C=O) groups is 1. The molecule has 0 saturated carbocycles. The van der Waals surface area contributed by atoms with Crippen molar-refractivity contribution in [1.82, 2.24) is 9.80 Å². The Morgan fingerprint density at radius 2 is 1.62 bits per heavy atom. The zero-order valence-corrected chi connectivity index (χ0v) is 21.3. The number of ether oxygens (including phenoxy) is 2. The molecule has 2 aliphatic heterocycles. The van der Waals surface area contributed by atoms with Gasteiger partial charge in [0.2, 0.25) is 0 Å². The highest BCUT2D eigenvalue weighted by atomic mass is 19.4. The third-order valence-corrected chi connectivity index (χ3v) is 7.09. The summed E-state index contributed by atoms with van der Waals surface area (Å²) < 4.78 is 126. The summed E-state index contributed by atoms with van der Waals surface area (Å²) in [5.41, 5.74) is -0.823. The molecule has 7 nitrogen and oxygen atoms in total. The summed E-state index contributed by atoms with van der Waals surface area (Å²) in [6, 6.07) is 3.59. The summed E-state index contributed by atoms with van der Waals surface area (Å²) in [5, 5.41) is 11.5. The van der Waals surface area contributed by atoms with Gasteiger partial charge in [-0.15, -0.1) is 0 Å². The fraction of sp³-hybridized carbons (Fsp3) is 0.708. The number of hydrogen-bond donors (Lipinski definition) is 2. The number of aliphatic hydroxyl groups excluding tert-OH is 1. The Morgan fingerprint density at radius 3 is 2.20 bits per heavy atom. The Labute approximate surface area is 224 Å². The first-order valence-corrected chi connectivity index (χ1v) is 12.5. The summed E-state index contributed by atoms with van der Waals surface area (Å²) in [6.07, 6.45) is -20.1. The monoisotopic (exact) mass is 595 g/mol. The number of nitrogens with one attached hydrogen (secondary N) is 1. The molecule has 2 aliphatic rings. The second kappa shape index (κ2) is 12.6. The standard InChI is InChI=1S/C24H30F9N3O4/c25-22(26,27)17-11-16(12-18(13-17)34-6-2-10-39-15-37)14-36-7-1-3-21(36)4-8-35(9-5-21)20(38)40-19(23(28,29)30)24(31,32)33/h11-13,19,34,37H,1-10,14-15H2. The van der Waals surface area contributed by atoms with Gasteiger partial charge in [-0.2, -0.15) is 39.5 Å². The Hall–Kier alpha value is -2.46. The van der Waals surface area contributed by atoms with Crippen LogP contribution in [0.1, 0.15) is 43.2 Å². The van der Waals surface area contributed by atoms with Crippen LogP contribution < -0.4 is 5.32 Å². The van der Waals surface area contributed by atoms with Gasteiger partial charge in [0.15, 0.2) is 0 Å². The largest absolute Gasteiger partial charge is 0.434 e. The van der Waals surface area contributed by atoms with Gasteiger partial charge in [-0.1, -0.05) is 0 Å². The van der Waals surface area contributed by atoms with Crippen molar-refractivity contribution in [3.05, 3.63) is 29.3 Å². The number of piperidine rings is 1. The summed E-state index contributed by atoms with van der Waals surface area (Å²) in [7, 11) is 0. The lowest BCUT2D eigenvalue weighted by Crippen LogP contribution is -2.54. The lowest BCUT2D eigenvalue weighted by Gasteiger charge is -2.45. The normalized spacial score (nSPS) is 18.5. The average Bonchev–Trinajstić information content (AvgIpc) is 3.21. The van der Waals surface area contributed by atoms with Gasteiger partial charge < -0.3 is 24.8 Å². The molecule has 2 saturated heterocycles. The van der Waals surface area contributed by atoms with Gasteiger partial charge in [-0.25, -0.2) is 4.79 Å². The van der Waals surface area contributed by atoms with E-state index >= 15 is 0 Å². The summed E-state index contributed by atoms with van der Waals surface area (Å²) in [5.74, 6) is 0. The molecule has 0 bridgehead atoms. The Balaban J connectivity index is 1.68. The van der Waals surface area contributed by atoms with Crippen LogP contribution in [0.5, 0.6) is 0 Å². The number of alkyl halides is 9. The maximum atomic E-state index is 13.6. The van der Waals surface area contributed by atoms with Gasteiger partial charge in [-0.05, 0) is 62.4 Å². The maximum absolute atomic E-state index is 13.6. The van der Waals surface area contributed by atoms with Crippen LogP contribution in [-0.4, -0.2) is 84.6 Å². The van der Waals surface area contributed by atoms with E-state index in [0.717, 1.165) is 17.0 Å². The molecule has 16 heteroatoms. The molecule has 228 valence electrons. The van der Waals surface area contributed by atoms with E-state index in [1.54, 1.807) is 6.07 Å². The van der Waals surface area contributed by atoms with Crippen molar-refractivity contribution < 1.29 is 58.9 Å². The minimum absolute atomic E-state index is 0.126. The van der Waals surface area contributed by atoms with Crippen molar-refractivity contribution in [2.75, 3.05) is 44.9 Å². The molecule has 2 N–H and O–H groups in total. The number of rotatable bonds is 9. The minimum Gasteiger partial charge on any atom is -0.426 e. The Bertz CT molecular complexity index is 979. The molecule has 0 atom stereocenters. The lowest BCUT2D eigenvalue weighted by atomic mass is 9.85. The molecule has 0 aromatic heterocycles. The molecule has 40 heavy (non-hydrogen) atoms. The topological polar surface area (TPSA) is 74.3 Å². The minimum atomic E-state index is -5.82. The highest BCUT2D eigenvalue weighted by Crippen LogP contribution is 2.41. The highest BCUT2D eigenvalue weighted by Gasteiger charge is 2.60. The number of nitrogens with zero attached hydrogens (tertiary/aromatic N) is 2. The molecule has 1 aromatic carbocycles. The van der Waals surface area contributed by atoms with E-state index in [9.17, 15) is 44.3 Å².